The number of aliphatic carboxylic acids is 1. The van der Waals surface area contributed by atoms with E-state index < -0.39 is 17.5 Å². The van der Waals surface area contributed by atoms with Gasteiger partial charge in [-0.25, -0.2) is 0 Å². The second kappa shape index (κ2) is 5.53. The molecule has 1 aromatic rings. The summed E-state index contributed by atoms with van der Waals surface area (Å²) in [5.74, 6) is -0.826. The standard InChI is InChI=1S/C15H22O3/c1-10-5-6-12(11(2)7-10)13(16)8-15(3,4)9-14(17)18/h5-7,13,16H,8-9H2,1-4H3,(H,17,18). The molecule has 0 saturated carbocycles. The first-order chi connectivity index (χ1) is 8.21. The summed E-state index contributed by atoms with van der Waals surface area (Å²) >= 11 is 0. The van der Waals surface area contributed by atoms with Crippen LogP contribution in [-0.4, -0.2) is 16.2 Å². The average molecular weight is 250 g/mol. The van der Waals surface area contributed by atoms with Crippen molar-refractivity contribution in [2.45, 2.75) is 46.6 Å². The molecule has 0 aliphatic heterocycles. The van der Waals surface area contributed by atoms with Crippen molar-refractivity contribution >= 4 is 5.97 Å². The first-order valence-corrected chi connectivity index (χ1v) is 6.18. The first kappa shape index (κ1) is 14.7. The molecule has 2 N–H and O–H groups in total. The van der Waals surface area contributed by atoms with Crippen LogP contribution in [0.5, 0.6) is 0 Å². The number of carbonyl (C=O) groups is 1. The van der Waals surface area contributed by atoms with Gasteiger partial charge in [0.25, 0.3) is 0 Å². The van der Waals surface area contributed by atoms with E-state index in [4.69, 9.17) is 5.11 Å². The van der Waals surface area contributed by atoms with E-state index in [1.165, 1.54) is 0 Å². The van der Waals surface area contributed by atoms with Crippen LogP contribution >= 0.6 is 0 Å². The fourth-order valence-corrected chi connectivity index (χ4v) is 2.31. The lowest BCUT2D eigenvalue weighted by Crippen LogP contribution is -2.20. The third-order valence-corrected chi connectivity index (χ3v) is 3.16. The maximum Gasteiger partial charge on any atom is 0.303 e. The SMILES string of the molecule is Cc1ccc(C(O)CC(C)(C)CC(=O)O)c(C)c1. The predicted molar refractivity (Wildman–Crippen MR) is 71.5 cm³/mol. The van der Waals surface area contributed by atoms with Gasteiger partial charge in [0.05, 0.1) is 12.5 Å². The number of rotatable bonds is 5. The van der Waals surface area contributed by atoms with Gasteiger partial charge in [0.1, 0.15) is 0 Å². The molecule has 0 saturated heterocycles. The summed E-state index contributed by atoms with van der Waals surface area (Å²) in [6, 6.07) is 5.92. The Bertz CT molecular complexity index is 435. The fraction of sp³-hybridized carbons (Fsp3) is 0.533. The van der Waals surface area contributed by atoms with Crippen molar-refractivity contribution in [1.29, 1.82) is 0 Å². The van der Waals surface area contributed by atoms with Crippen molar-refractivity contribution in [1.82, 2.24) is 0 Å². The lowest BCUT2D eigenvalue weighted by atomic mass is 9.81. The minimum atomic E-state index is -0.826. The summed E-state index contributed by atoms with van der Waals surface area (Å²) < 4.78 is 0. The molecule has 1 aromatic carbocycles. The van der Waals surface area contributed by atoms with Gasteiger partial charge < -0.3 is 10.2 Å². The minimum absolute atomic E-state index is 0.0645. The lowest BCUT2D eigenvalue weighted by Gasteiger charge is -2.26. The maximum atomic E-state index is 10.8. The van der Waals surface area contributed by atoms with Crippen LogP contribution in [0.1, 0.15) is 49.5 Å². The van der Waals surface area contributed by atoms with Gasteiger partial charge in [0.2, 0.25) is 0 Å². The summed E-state index contributed by atoms with van der Waals surface area (Å²) in [7, 11) is 0. The fourth-order valence-electron chi connectivity index (χ4n) is 2.31. The Morgan fingerprint density at radius 1 is 1.33 bits per heavy atom. The molecule has 0 radical (unpaired) electrons. The first-order valence-electron chi connectivity index (χ1n) is 6.18. The third-order valence-electron chi connectivity index (χ3n) is 3.16. The van der Waals surface area contributed by atoms with Crippen LogP contribution in [0.4, 0.5) is 0 Å². The molecular formula is C15H22O3. The Labute approximate surface area is 108 Å². The Kier molecular flexibility index (Phi) is 4.52. The largest absolute Gasteiger partial charge is 0.481 e. The van der Waals surface area contributed by atoms with Crippen molar-refractivity contribution in [3.63, 3.8) is 0 Å². The molecule has 0 amide bonds. The van der Waals surface area contributed by atoms with Crippen molar-refractivity contribution in [3.05, 3.63) is 34.9 Å². The monoisotopic (exact) mass is 250 g/mol. The second-order valence-corrected chi connectivity index (χ2v) is 5.81. The van der Waals surface area contributed by atoms with Crippen molar-refractivity contribution in [2.75, 3.05) is 0 Å². The van der Waals surface area contributed by atoms with Crippen LogP contribution < -0.4 is 0 Å². The van der Waals surface area contributed by atoms with Crippen molar-refractivity contribution < 1.29 is 15.0 Å². The highest BCUT2D eigenvalue weighted by Crippen LogP contribution is 2.34. The molecule has 0 aliphatic carbocycles. The number of carboxylic acid groups (broad SMARTS) is 1. The summed E-state index contributed by atoms with van der Waals surface area (Å²) in [5, 5.41) is 19.1. The highest BCUT2D eigenvalue weighted by molar-refractivity contribution is 5.67. The predicted octanol–water partition coefficient (Wildman–Crippen LogP) is 3.23. The smallest absolute Gasteiger partial charge is 0.303 e. The van der Waals surface area contributed by atoms with Gasteiger partial charge in [-0.05, 0) is 36.8 Å². The van der Waals surface area contributed by atoms with E-state index >= 15 is 0 Å². The molecule has 0 spiro atoms. The molecule has 1 rings (SSSR count). The molecule has 100 valence electrons. The molecule has 0 bridgehead atoms. The molecule has 18 heavy (non-hydrogen) atoms. The number of aliphatic hydroxyl groups is 1. The zero-order valence-corrected chi connectivity index (χ0v) is 11.5. The number of aryl methyl sites for hydroxylation is 2. The number of hydrogen-bond acceptors (Lipinski definition) is 2. The van der Waals surface area contributed by atoms with Crippen LogP contribution in [0.15, 0.2) is 18.2 Å². The van der Waals surface area contributed by atoms with Crippen molar-refractivity contribution in [3.8, 4) is 0 Å². The van der Waals surface area contributed by atoms with Crippen LogP contribution in [0.25, 0.3) is 0 Å². The molecule has 0 aromatic heterocycles. The van der Waals surface area contributed by atoms with E-state index in [2.05, 4.69) is 0 Å². The molecule has 0 aliphatic rings. The van der Waals surface area contributed by atoms with E-state index in [0.29, 0.717) is 6.42 Å². The van der Waals surface area contributed by atoms with Gasteiger partial charge in [-0.1, -0.05) is 37.6 Å². The minimum Gasteiger partial charge on any atom is -0.481 e. The molecular weight excluding hydrogens is 228 g/mol. The van der Waals surface area contributed by atoms with E-state index in [1.807, 2.05) is 45.9 Å². The highest BCUT2D eigenvalue weighted by Gasteiger charge is 2.26. The van der Waals surface area contributed by atoms with Gasteiger partial charge >= 0.3 is 5.97 Å². The average Bonchev–Trinajstić information content (AvgIpc) is 2.13. The quantitative estimate of drug-likeness (QED) is 0.843. The van der Waals surface area contributed by atoms with Crippen LogP contribution in [0.2, 0.25) is 0 Å². The van der Waals surface area contributed by atoms with E-state index in [1.54, 1.807) is 0 Å². The zero-order valence-electron chi connectivity index (χ0n) is 11.5. The Morgan fingerprint density at radius 3 is 2.44 bits per heavy atom. The topological polar surface area (TPSA) is 57.5 Å². The molecule has 1 atom stereocenters. The molecule has 0 fully saturated rings. The molecule has 3 nitrogen and oxygen atoms in total. The summed E-state index contributed by atoms with van der Waals surface area (Å²) in [5.41, 5.74) is 2.68. The van der Waals surface area contributed by atoms with Crippen LogP contribution in [-0.2, 0) is 4.79 Å². The highest BCUT2D eigenvalue weighted by atomic mass is 16.4. The van der Waals surface area contributed by atoms with E-state index in [0.717, 1.165) is 16.7 Å². The molecule has 1 unspecified atom stereocenters. The summed E-state index contributed by atoms with van der Waals surface area (Å²) in [4.78, 5) is 10.8. The van der Waals surface area contributed by atoms with Gasteiger partial charge in [0, 0.05) is 0 Å². The maximum absolute atomic E-state index is 10.8. The van der Waals surface area contributed by atoms with E-state index in [-0.39, 0.29) is 6.42 Å². The zero-order chi connectivity index (χ0) is 13.9. The van der Waals surface area contributed by atoms with Crippen LogP contribution in [0.3, 0.4) is 0 Å². The number of hydrogen-bond donors (Lipinski definition) is 2. The molecule has 0 heterocycles. The van der Waals surface area contributed by atoms with Gasteiger partial charge in [-0.3, -0.25) is 4.79 Å². The number of aliphatic hydroxyl groups excluding tert-OH is 1. The molecule has 3 heteroatoms. The van der Waals surface area contributed by atoms with Gasteiger partial charge in [-0.15, -0.1) is 0 Å². The lowest BCUT2D eigenvalue weighted by molar-refractivity contribution is -0.139. The van der Waals surface area contributed by atoms with Crippen LogP contribution in [0, 0.1) is 19.3 Å². The van der Waals surface area contributed by atoms with E-state index in [9.17, 15) is 9.90 Å². The number of benzene rings is 1. The van der Waals surface area contributed by atoms with Crippen molar-refractivity contribution in [2.24, 2.45) is 5.41 Å². The van der Waals surface area contributed by atoms with Gasteiger partial charge in [-0.2, -0.15) is 0 Å². The number of carboxylic acids is 1. The third kappa shape index (κ3) is 4.15. The summed E-state index contributed by atoms with van der Waals surface area (Å²) in [6.07, 6.45) is -0.0991. The Hall–Kier alpha value is -1.35. The van der Waals surface area contributed by atoms with Gasteiger partial charge in [0.15, 0.2) is 0 Å². The Balaban J connectivity index is 2.81. The Morgan fingerprint density at radius 2 is 1.94 bits per heavy atom. The normalized spacial score (nSPS) is 13.4. The second-order valence-electron chi connectivity index (χ2n) is 5.81. The summed E-state index contributed by atoms with van der Waals surface area (Å²) in [6.45, 7) is 7.72.